The number of aliphatic hydroxyl groups is 1. The Balaban J connectivity index is 3.56. The molecule has 1 N–H and O–H groups in total. The summed E-state index contributed by atoms with van der Waals surface area (Å²) in [4.78, 5) is 0. The molecular formula is C8H14O. The van der Waals surface area contributed by atoms with Crippen LogP contribution in [-0.2, 0) is 0 Å². The summed E-state index contributed by atoms with van der Waals surface area (Å²) >= 11 is 0. The fourth-order valence-electron chi connectivity index (χ4n) is 0.542. The molecule has 0 aliphatic heterocycles. The molecule has 0 fully saturated rings. The van der Waals surface area contributed by atoms with Gasteiger partial charge in [-0.25, -0.2) is 0 Å². The lowest BCUT2D eigenvalue weighted by molar-refractivity contribution is 0.141. The minimum atomic E-state index is -0.306. The van der Waals surface area contributed by atoms with Crippen molar-refractivity contribution in [2.45, 2.75) is 19.4 Å². The van der Waals surface area contributed by atoms with E-state index < -0.39 is 0 Å². The van der Waals surface area contributed by atoms with E-state index in [4.69, 9.17) is 0 Å². The van der Waals surface area contributed by atoms with Crippen molar-refractivity contribution >= 4 is 0 Å². The van der Waals surface area contributed by atoms with Gasteiger partial charge >= 0.3 is 0 Å². The summed E-state index contributed by atoms with van der Waals surface area (Å²) in [6.45, 7) is 9.02. The van der Waals surface area contributed by atoms with Gasteiger partial charge in [0.2, 0.25) is 0 Å². The Morgan fingerprint density at radius 1 is 1.56 bits per heavy atom. The van der Waals surface area contributed by atoms with Crippen LogP contribution in [0.25, 0.3) is 0 Å². The van der Waals surface area contributed by atoms with Gasteiger partial charge < -0.3 is 5.11 Å². The van der Waals surface area contributed by atoms with Crippen molar-refractivity contribution in [3.05, 3.63) is 25.3 Å². The van der Waals surface area contributed by atoms with E-state index in [-0.39, 0.29) is 12.0 Å². The highest BCUT2D eigenvalue weighted by Gasteiger charge is 2.06. The summed E-state index contributed by atoms with van der Waals surface area (Å²) in [7, 11) is 0. The maximum atomic E-state index is 9.18. The minimum Gasteiger partial charge on any atom is -0.392 e. The molecule has 0 saturated carbocycles. The highest BCUT2D eigenvalue weighted by Crippen LogP contribution is 2.06. The zero-order valence-corrected chi connectivity index (χ0v) is 5.88. The third kappa shape index (κ3) is 3.09. The van der Waals surface area contributed by atoms with Crippen LogP contribution in [0.5, 0.6) is 0 Å². The van der Waals surface area contributed by atoms with Gasteiger partial charge in [0.05, 0.1) is 6.10 Å². The topological polar surface area (TPSA) is 20.2 Å². The van der Waals surface area contributed by atoms with Gasteiger partial charge in [-0.2, -0.15) is 0 Å². The Bertz CT molecular complexity index is 96.7. The van der Waals surface area contributed by atoms with E-state index in [1.165, 1.54) is 0 Å². The SMILES string of the molecule is C=CCC(O)C(C)C=C. The average molecular weight is 126 g/mol. The van der Waals surface area contributed by atoms with Gasteiger partial charge in [0.1, 0.15) is 0 Å². The molecule has 0 saturated heterocycles. The second kappa shape index (κ2) is 4.33. The Morgan fingerprint density at radius 3 is 2.44 bits per heavy atom. The lowest BCUT2D eigenvalue weighted by Crippen LogP contribution is -2.13. The number of hydrogen-bond acceptors (Lipinski definition) is 1. The van der Waals surface area contributed by atoms with E-state index in [9.17, 15) is 5.11 Å². The highest BCUT2D eigenvalue weighted by molar-refractivity contribution is 4.84. The van der Waals surface area contributed by atoms with Crippen LogP contribution in [-0.4, -0.2) is 11.2 Å². The zero-order valence-electron chi connectivity index (χ0n) is 5.88. The monoisotopic (exact) mass is 126 g/mol. The summed E-state index contributed by atoms with van der Waals surface area (Å²) < 4.78 is 0. The van der Waals surface area contributed by atoms with E-state index in [2.05, 4.69) is 13.2 Å². The Kier molecular flexibility index (Phi) is 4.06. The van der Waals surface area contributed by atoms with Crippen molar-refractivity contribution in [3.8, 4) is 0 Å². The van der Waals surface area contributed by atoms with Crippen LogP contribution in [0.2, 0.25) is 0 Å². The smallest absolute Gasteiger partial charge is 0.0634 e. The fourth-order valence-corrected chi connectivity index (χ4v) is 0.542. The summed E-state index contributed by atoms with van der Waals surface area (Å²) in [5.41, 5.74) is 0. The predicted molar refractivity (Wildman–Crippen MR) is 40.2 cm³/mol. The third-order valence-corrected chi connectivity index (χ3v) is 1.39. The van der Waals surface area contributed by atoms with Crippen LogP contribution < -0.4 is 0 Å². The van der Waals surface area contributed by atoms with Crippen LogP contribution in [0.15, 0.2) is 25.3 Å². The maximum Gasteiger partial charge on any atom is 0.0634 e. The van der Waals surface area contributed by atoms with E-state index in [0.717, 1.165) is 0 Å². The van der Waals surface area contributed by atoms with Crippen LogP contribution in [0.1, 0.15) is 13.3 Å². The molecule has 0 bridgehead atoms. The second-order valence-electron chi connectivity index (χ2n) is 2.19. The normalized spacial score (nSPS) is 16.2. The van der Waals surface area contributed by atoms with Gasteiger partial charge in [0.15, 0.2) is 0 Å². The standard InChI is InChI=1S/C8H14O/c1-4-6-8(9)7(3)5-2/h4-5,7-9H,1-2,6H2,3H3. The summed E-state index contributed by atoms with van der Waals surface area (Å²) in [6.07, 6.45) is 3.80. The lowest BCUT2D eigenvalue weighted by Gasteiger charge is -2.11. The van der Waals surface area contributed by atoms with Gasteiger partial charge in [0, 0.05) is 0 Å². The molecule has 2 unspecified atom stereocenters. The largest absolute Gasteiger partial charge is 0.392 e. The fraction of sp³-hybridized carbons (Fsp3) is 0.500. The molecular weight excluding hydrogens is 112 g/mol. The molecule has 0 rings (SSSR count). The minimum absolute atomic E-state index is 0.169. The molecule has 9 heavy (non-hydrogen) atoms. The predicted octanol–water partition coefficient (Wildman–Crippen LogP) is 1.75. The number of rotatable bonds is 4. The highest BCUT2D eigenvalue weighted by atomic mass is 16.3. The van der Waals surface area contributed by atoms with Crippen molar-refractivity contribution in [1.29, 1.82) is 0 Å². The van der Waals surface area contributed by atoms with Gasteiger partial charge in [-0.05, 0) is 12.3 Å². The molecule has 0 aromatic carbocycles. The van der Waals surface area contributed by atoms with E-state index >= 15 is 0 Å². The van der Waals surface area contributed by atoms with E-state index in [1.54, 1.807) is 12.2 Å². The quantitative estimate of drug-likeness (QED) is 0.569. The molecule has 0 radical (unpaired) electrons. The van der Waals surface area contributed by atoms with Gasteiger partial charge in [0.25, 0.3) is 0 Å². The first-order valence-electron chi connectivity index (χ1n) is 3.14. The first-order chi connectivity index (χ1) is 4.22. The first kappa shape index (κ1) is 8.44. The zero-order chi connectivity index (χ0) is 7.28. The molecule has 2 atom stereocenters. The molecule has 0 aliphatic rings. The van der Waals surface area contributed by atoms with Gasteiger partial charge in [-0.1, -0.05) is 19.1 Å². The second-order valence-corrected chi connectivity index (χ2v) is 2.19. The van der Waals surface area contributed by atoms with Crippen LogP contribution in [0.4, 0.5) is 0 Å². The number of hydrogen-bond donors (Lipinski definition) is 1. The van der Waals surface area contributed by atoms with E-state index in [0.29, 0.717) is 6.42 Å². The Morgan fingerprint density at radius 2 is 2.11 bits per heavy atom. The molecule has 0 aliphatic carbocycles. The van der Waals surface area contributed by atoms with Crippen molar-refractivity contribution in [2.75, 3.05) is 0 Å². The lowest BCUT2D eigenvalue weighted by atomic mass is 10.0. The van der Waals surface area contributed by atoms with Crippen molar-refractivity contribution in [2.24, 2.45) is 5.92 Å². The molecule has 0 heterocycles. The van der Waals surface area contributed by atoms with Crippen molar-refractivity contribution < 1.29 is 5.11 Å². The van der Waals surface area contributed by atoms with Crippen LogP contribution in [0.3, 0.4) is 0 Å². The van der Waals surface area contributed by atoms with Crippen molar-refractivity contribution in [1.82, 2.24) is 0 Å². The van der Waals surface area contributed by atoms with Gasteiger partial charge in [-0.3, -0.25) is 0 Å². The molecule has 1 heteroatoms. The summed E-state index contributed by atoms with van der Waals surface area (Å²) in [6, 6.07) is 0. The molecule has 1 nitrogen and oxygen atoms in total. The molecule has 0 aromatic rings. The van der Waals surface area contributed by atoms with E-state index in [1.807, 2.05) is 6.92 Å². The molecule has 0 spiro atoms. The molecule has 0 aromatic heterocycles. The van der Waals surface area contributed by atoms with Crippen LogP contribution >= 0.6 is 0 Å². The Hall–Kier alpha value is -0.560. The first-order valence-corrected chi connectivity index (χ1v) is 3.14. The average Bonchev–Trinajstić information content (AvgIpc) is 1.87. The Labute approximate surface area is 56.7 Å². The third-order valence-electron chi connectivity index (χ3n) is 1.39. The van der Waals surface area contributed by atoms with Gasteiger partial charge in [-0.15, -0.1) is 13.2 Å². The summed E-state index contributed by atoms with van der Waals surface area (Å²) in [5, 5.41) is 9.18. The maximum absolute atomic E-state index is 9.18. The number of aliphatic hydroxyl groups excluding tert-OH is 1. The summed E-state index contributed by atoms with van der Waals surface area (Å²) in [5.74, 6) is 0.169. The van der Waals surface area contributed by atoms with Crippen LogP contribution in [0, 0.1) is 5.92 Å². The molecule has 0 amide bonds. The molecule has 52 valence electrons. The van der Waals surface area contributed by atoms with Crippen molar-refractivity contribution in [3.63, 3.8) is 0 Å².